The fourth-order valence-electron chi connectivity index (χ4n) is 1.91. The minimum absolute atomic E-state index is 0.455. The van der Waals surface area contributed by atoms with Gasteiger partial charge in [-0.3, -0.25) is 0 Å². The van der Waals surface area contributed by atoms with Gasteiger partial charge in [0.25, 0.3) is 0 Å². The topological polar surface area (TPSA) is 42.6 Å². The second kappa shape index (κ2) is 5.59. The summed E-state index contributed by atoms with van der Waals surface area (Å²) in [5.41, 5.74) is 2.10. The van der Waals surface area contributed by atoms with E-state index < -0.39 is 6.10 Å². The number of aliphatic hydroxyl groups is 1. The first-order valence-corrected chi connectivity index (χ1v) is 6.45. The number of aryl methyl sites for hydroxylation is 1. The molecule has 4 heteroatoms. The number of benzene rings is 1. The van der Waals surface area contributed by atoms with Crippen molar-refractivity contribution in [3.63, 3.8) is 0 Å². The van der Waals surface area contributed by atoms with Crippen LogP contribution in [0.15, 0.2) is 39.4 Å². The molecule has 18 heavy (non-hydrogen) atoms. The van der Waals surface area contributed by atoms with E-state index in [1.165, 1.54) is 0 Å². The first-order chi connectivity index (χ1) is 8.61. The maximum atomic E-state index is 10.2. The quantitative estimate of drug-likeness (QED) is 0.937. The third-order valence-corrected chi connectivity index (χ3v) is 3.45. The molecule has 1 N–H and O–H groups in total. The molecule has 0 amide bonds. The Morgan fingerprint density at radius 3 is 2.78 bits per heavy atom. The van der Waals surface area contributed by atoms with E-state index in [1.54, 1.807) is 19.4 Å². The van der Waals surface area contributed by atoms with Gasteiger partial charge in [-0.2, -0.15) is 0 Å². The highest BCUT2D eigenvalue weighted by molar-refractivity contribution is 9.10. The Hall–Kier alpha value is -1.26. The van der Waals surface area contributed by atoms with Crippen LogP contribution in [0.1, 0.15) is 23.0 Å². The predicted octanol–water partition coefficient (Wildman–Crippen LogP) is 3.64. The summed E-state index contributed by atoms with van der Waals surface area (Å²) in [6.45, 7) is 2.01. The fraction of sp³-hybridized carbons (Fsp3) is 0.286. The molecular formula is C14H15BrO3. The van der Waals surface area contributed by atoms with E-state index in [4.69, 9.17) is 9.15 Å². The Morgan fingerprint density at radius 1 is 1.39 bits per heavy atom. The van der Waals surface area contributed by atoms with Crippen LogP contribution in [0.4, 0.5) is 0 Å². The van der Waals surface area contributed by atoms with Crippen molar-refractivity contribution < 1.29 is 14.3 Å². The molecule has 2 rings (SSSR count). The molecule has 1 atom stereocenters. The van der Waals surface area contributed by atoms with Crippen molar-refractivity contribution in [2.45, 2.75) is 19.4 Å². The number of hydrogen-bond donors (Lipinski definition) is 1. The molecule has 0 bridgehead atoms. The maximum Gasteiger partial charge on any atom is 0.146 e. The normalized spacial score (nSPS) is 12.4. The van der Waals surface area contributed by atoms with Gasteiger partial charge < -0.3 is 14.3 Å². The van der Waals surface area contributed by atoms with Crippen molar-refractivity contribution in [1.82, 2.24) is 0 Å². The molecule has 0 spiro atoms. The van der Waals surface area contributed by atoms with Gasteiger partial charge in [0.2, 0.25) is 0 Å². The molecule has 0 aliphatic carbocycles. The van der Waals surface area contributed by atoms with Crippen molar-refractivity contribution in [3.05, 3.63) is 51.9 Å². The van der Waals surface area contributed by atoms with Crippen molar-refractivity contribution >= 4 is 15.9 Å². The SMILES string of the molecule is COc1ccc(C)cc1CC(O)c1occc1Br. The Morgan fingerprint density at radius 2 is 2.17 bits per heavy atom. The summed E-state index contributed by atoms with van der Waals surface area (Å²) >= 11 is 3.35. The van der Waals surface area contributed by atoms with E-state index in [1.807, 2.05) is 25.1 Å². The second-order valence-corrected chi connectivity index (χ2v) is 5.02. The second-order valence-electron chi connectivity index (χ2n) is 4.17. The van der Waals surface area contributed by atoms with Crippen LogP contribution in [0.2, 0.25) is 0 Å². The number of rotatable bonds is 4. The highest BCUT2D eigenvalue weighted by Gasteiger charge is 2.17. The van der Waals surface area contributed by atoms with Crippen LogP contribution in [-0.2, 0) is 6.42 Å². The first kappa shape index (κ1) is 13.2. The summed E-state index contributed by atoms with van der Waals surface area (Å²) < 4.78 is 11.3. The van der Waals surface area contributed by atoms with Gasteiger partial charge in [0.15, 0.2) is 0 Å². The Labute approximate surface area is 115 Å². The van der Waals surface area contributed by atoms with Gasteiger partial charge in [-0.25, -0.2) is 0 Å². The lowest BCUT2D eigenvalue weighted by Gasteiger charge is -2.13. The van der Waals surface area contributed by atoms with Crippen LogP contribution in [0, 0.1) is 6.92 Å². The first-order valence-electron chi connectivity index (χ1n) is 5.66. The molecule has 2 aromatic rings. The van der Waals surface area contributed by atoms with Crippen LogP contribution in [0.5, 0.6) is 5.75 Å². The highest BCUT2D eigenvalue weighted by atomic mass is 79.9. The lowest BCUT2D eigenvalue weighted by Crippen LogP contribution is -2.03. The number of furan rings is 1. The summed E-state index contributed by atoms with van der Waals surface area (Å²) in [6.07, 6.45) is 1.32. The van der Waals surface area contributed by atoms with Gasteiger partial charge in [0, 0.05) is 6.42 Å². The summed E-state index contributed by atoms with van der Waals surface area (Å²) in [7, 11) is 1.63. The van der Waals surface area contributed by atoms with E-state index in [2.05, 4.69) is 15.9 Å². The zero-order valence-electron chi connectivity index (χ0n) is 10.3. The molecule has 1 aromatic carbocycles. The smallest absolute Gasteiger partial charge is 0.146 e. The Kier molecular flexibility index (Phi) is 4.09. The third kappa shape index (κ3) is 2.76. The fourth-order valence-corrected chi connectivity index (χ4v) is 2.38. The summed E-state index contributed by atoms with van der Waals surface area (Å²) in [6, 6.07) is 7.68. The Balaban J connectivity index is 2.23. The van der Waals surface area contributed by atoms with Crippen LogP contribution in [0.3, 0.4) is 0 Å². The van der Waals surface area contributed by atoms with E-state index >= 15 is 0 Å². The van der Waals surface area contributed by atoms with Crippen LogP contribution < -0.4 is 4.74 Å². The van der Waals surface area contributed by atoms with Gasteiger partial charge in [-0.05, 0) is 40.5 Å². The molecule has 1 aromatic heterocycles. The molecule has 0 aliphatic heterocycles. The van der Waals surface area contributed by atoms with Gasteiger partial charge in [0.05, 0.1) is 17.8 Å². The average molecular weight is 311 g/mol. The Bertz CT molecular complexity index is 534. The molecule has 0 aliphatic rings. The molecule has 0 radical (unpaired) electrons. The largest absolute Gasteiger partial charge is 0.496 e. The predicted molar refractivity (Wildman–Crippen MR) is 72.8 cm³/mol. The standard InChI is InChI=1S/C14H15BrO3/c1-9-3-4-13(17-2)10(7-9)8-12(16)14-11(15)5-6-18-14/h3-7,12,16H,8H2,1-2H3. The van der Waals surface area contributed by atoms with Crippen LogP contribution in [0.25, 0.3) is 0 Å². The summed E-state index contributed by atoms with van der Waals surface area (Å²) in [5, 5.41) is 10.2. The van der Waals surface area contributed by atoms with Crippen LogP contribution >= 0.6 is 15.9 Å². The molecule has 0 saturated heterocycles. The van der Waals surface area contributed by atoms with E-state index in [-0.39, 0.29) is 0 Å². The number of halogens is 1. The molecule has 0 fully saturated rings. The summed E-state index contributed by atoms with van der Waals surface area (Å²) in [5.74, 6) is 1.32. The molecule has 0 saturated carbocycles. The zero-order valence-corrected chi connectivity index (χ0v) is 11.9. The van der Waals surface area contributed by atoms with Gasteiger partial charge in [-0.15, -0.1) is 0 Å². The van der Waals surface area contributed by atoms with E-state index in [0.29, 0.717) is 12.2 Å². The molecule has 1 unspecified atom stereocenters. The van der Waals surface area contributed by atoms with Gasteiger partial charge >= 0.3 is 0 Å². The van der Waals surface area contributed by atoms with E-state index in [9.17, 15) is 5.11 Å². The average Bonchev–Trinajstić information content (AvgIpc) is 2.76. The van der Waals surface area contributed by atoms with Gasteiger partial charge in [-0.1, -0.05) is 17.7 Å². The minimum atomic E-state index is -0.690. The van der Waals surface area contributed by atoms with Crippen molar-refractivity contribution in [2.75, 3.05) is 7.11 Å². The molecule has 3 nitrogen and oxygen atoms in total. The molecule has 1 heterocycles. The van der Waals surface area contributed by atoms with E-state index in [0.717, 1.165) is 21.3 Å². The maximum absolute atomic E-state index is 10.2. The lowest BCUT2D eigenvalue weighted by molar-refractivity contribution is 0.148. The zero-order chi connectivity index (χ0) is 13.1. The van der Waals surface area contributed by atoms with Crippen molar-refractivity contribution in [2.24, 2.45) is 0 Å². The number of methoxy groups -OCH3 is 1. The summed E-state index contributed by atoms with van der Waals surface area (Å²) in [4.78, 5) is 0. The molecule has 96 valence electrons. The number of aliphatic hydroxyl groups excluding tert-OH is 1. The number of ether oxygens (including phenoxy) is 1. The molecular weight excluding hydrogens is 296 g/mol. The van der Waals surface area contributed by atoms with Crippen molar-refractivity contribution in [3.8, 4) is 5.75 Å². The monoisotopic (exact) mass is 310 g/mol. The minimum Gasteiger partial charge on any atom is -0.496 e. The van der Waals surface area contributed by atoms with Gasteiger partial charge in [0.1, 0.15) is 17.6 Å². The number of hydrogen-bond acceptors (Lipinski definition) is 3. The van der Waals surface area contributed by atoms with Crippen LogP contribution in [-0.4, -0.2) is 12.2 Å². The third-order valence-electron chi connectivity index (χ3n) is 2.80. The lowest BCUT2D eigenvalue weighted by atomic mass is 10.0. The highest BCUT2D eigenvalue weighted by Crippen LogP contribution is 2.30. The van der Waals surface area contributed by atoms with Crippen molar-refractivity contribution in [1.29, 1.82) is 0 Å².